The molecule has 9 nitrogen and oxygen atoms in total. The molecule has 1 aliphatic heterocycles. The van der Waals surface area contributed by atoms with E-state index in [1.54, 1.807) is 34.0 Å². The van der Waals surface area contributed by atoms with Crippen LogP contribution in [0.3, 0.4) is 0 Å². The highest BCUT2D eigenvalue weighted by atomic mass is 16.6. The Labute approximate surface area is 186 Å². The van der Waals surface area contributed by atoms with Gasteiger partial charge in [0.05, 0.1) is 10.6 Å². The molecule has 9 heteroatoms. The molecule has 1 aliphatic rings. The molecule has 0 bridgehead atoms. The lowest BCUT2D eigenvalue weighted by Crippen LogP contribution is -2.46. The van der Waals surface area contributed by atoms with Crippen molar-refractivity contribution in [1.82, 2.24) is 24.6 Å². The summed E-state index contributed by atoms with van der Waals surface area (Å²) in [5.74, 6) is -0.113. The highest BCUT2D eigenvalue weighted by Crippen LogP contribution is 2.19. The molecule has 4 rings (SSSR count). The summed E-state index contributed by atoms with van der Waals surface area (Å²) >= 11 is 0. The molecule has 1 aromatic carbocycles. The van der Waals surface area contributed by atoms with Crippen molar-refractivity contribution in [3.05, 3.63) is 82.4 Å². The van der Waals surface area contributed by atoms with Gasteiger partial charge >= 0.3 is 0 Å². The Morgan fingerprint density at radius 2 is 1.91 bits per heavy atom. The molecule has 0 aliphatic carbocycles. The topological polar surface area (TPSA) is 97.4 Å². The van der Waals surface area contributed by atoms with Crippen LogP contribution in [0.2, 0.25) is 0 Å². The van der Waals surface area contributed by atoms with Crippen molar-refractivity contribution in [2.75, 3.05) is 26.7 Å². The number of nitro groups is 1. The maximum absolute atomic E-state index is 13.0. The molecular formula is C23H26N6O3. The minimum absolute atomic E-state index is 0.0170. The van der Waals surface area contributed by atoms with Crippen LogP contribution in [0.1, 0.15) is 29.0 Å². The highest BCUT2D eigenvalue weighted by Gasteiger charge is 2.27. The average Bonchev–Trinajstić information content (AvgIpc) is 3.33. The number of carbonyl (C=O) groups is 1. The first kappa shape index (κ1) is 21.6. The zero-order chi connectivity index (χ0) is 22.5. The van der Waals surface area contributed by atoms with Crippen LogP contribution in [0.15, 0.2) is 60.9 Å². The third kappa shape index (κ3) is 5.00. The van der Waals surface area contributed by atoms with Gasteiger partial charge in [0, 0.05) is 69.4 Å². The summed E-state index contributed by atoms with van der Waals surface area (Å²) in [6.07, 6.45) is 6.30. The first-order valence-corrected chi connectivity index (χ1v) is 10.7. The largest absolute Gasteiger partial charge is 0.337 e. The quantitative estimate of drug-likeness (QED) is 0.419. The van der Waals surface area contributed by atoms with E-state index in [1.807, 2.05) is 25.4 Å². The Hall–Kier alpha value is -3.59. The number of piperidine rings is 1. The third-order valence-electron chi connectivity index (χ3n) is 5.97. The van der Waals surface area contributed by atoms with Crippen molar-refractivity contribution in [2.24, 2.45) is 0 Å². The summed E-state index contributed by atoms with van der Waals surface area (Å²) in [7, 11) is 1.83. The Kier molecular flexibility index (Phi) is 6.55. The Morgan fingerprint density at radius 1 is 1.16 bits per heavy atom. The number of hydrogen-bond donors (Lipinski definition) is 0. The number of benzene rings is 1. The number of amides is 1. The van der Waals surface area contributed by atoms with Crippen LogP contribution < -0.4 is 0 Å². The minimum Gasteiger partial charge on any atom is -0.337 e. The predicted molar refractivity (Wildman–Crippen MR) is 120 cm³/mol. The van der Waals surface area contributed by atoms with Crippen molar-refractivity contribution in [3.63, 3.8) is 0 Å². The number of non-ortho nitro benzene ring substituents is 1. The second-order valence-corrected chi connectivity index (χ2v) is 7.98. The van der Waals surface area contributed by atoms with Gasteiger partial charge in [0.15, 0.2) is 5.69 Å². The fourth-order valence-electron chi connectivity index (χ4n) is 4.00. The molecular weight excluding hydrogens is 408 g/mol. The molecule has 1 fully saturated rings. The summed E-state index contributed by atoms with van der Waals surface area (Å²) in [6.45, 7) is 2.87. The van der Waals surface area contributed by atoms with E-state index in [1.165, 1.54) is 12.1 Å². The van der Waals surface area contributed by atoms with E-state index in [0.29, 0.717) is 11.4 Å². The number of carbonyl (C=O) groups excluding carboxylic acids is 1. The van der Waals surface area contributed by atoms with Gasteiger partial charge in [-0.3, -0.25) is 19.9 Å². The van der Waals surface area contributed by atoms with Crippen LogP contribution in [0.25, 0.3) is 5.69 Å². The number of rotatable bonds is 7. The lowest BCUT2D eigenvalue weighted by Gasteiger charge is -2.36. The zero-order valence-corrected chi connectivity index (χ0v) is 18.0. The van der Waals surface area contributed by atoms with Crippen molar-refractivity contribution >= 4 is 11.6 Å². The molecule has 0 spiro atoms. The Bertz CT molecular complexity index is 1060. The molecule has 3 heterocycles. The van der Waals surface area contributed by atoms with Gasteiger partial charge in [-0.2, -0.15) is 5.10 Å². The Morgan fingerprint density at radius 3 is 2.56 bits per heavy atom. The van der Waals surface area contributed by atoms with E-state index in [4.69, 9.17) is 0 Å². The van der Waals surface area contributed by atoms with Crippen LogP contribution in [0, 0.1) is 10.1 Å². The number of pyridine rings is 1. The van der Waals surface area contributed by atoms with Gasteiger partial charge in [0.25, 0.3) is 11.6 Å². The lowest BCUT2D eigenvalue weighted by molar-refractivity contribution is -0.384. The van der Waals surface area contributed by atoms with E-state index in [0.717, 1.165) is 44.6 Å². The van der Waals surface area contributed by atoms with Gasteiger partial charge in [-0.15, -0.1) is 0 Å². The summed E-state index contributed by atoms with van der Waals surface area (Å²) < 4.78 is 1.56. The molecule has 1 saturated heterocycles. The van der Waals surface area contributed by atoms with Gasteiger partial charge in [-0.05, 0) is 43.2 Å². The van der Waals surface area contributed by atoms with Crippen molar-refractivity contribution < 1.29 is 9.72 Å². The average molecular weight is 435 g/mol. The maximum atomic E-state index is 13.0. The van der Waals surface area contributed by atoms with Crippen molar-refractivity contribution in [1.29, 1.82) is 0 Å². The van der Waals surface area contributed by atoms with Gasteiger partial charge in [-0.1, -0.05) is 6.07 Å². The van der Waals surface area contributed by atoms with Crippen molar-refractivity contribution in [3.8, 4) is 5.69 Å². The molecule has 0 N–H and O–H groups in total. The maximum Gasteiger partial charge on any atom is 0.274 e. The van der Waals surface area contributed by atoms with Crippen LogP contribution in [0.5, 0.6) is 0 Å². The number of nitro benzene ring substituents is 1. The molecule has 0 atom stereocenters. The highest BCUT2D eigenvalue weighted by molar-refractivity contribution is 5.92. The van der Waals surface area contributed by atoms with Gasteiger partial charge in [0.2, 0.25) is 0 Å². The standard InChI is InChI=1S/C23H26N6O3/c1-26(19-10-15-27(16-11-19)14-9-18-4-2-3-13-24-18)23(30)22-12-17-28(25-22)20-5-7-21(8-6-20)29(31)32/h2-8,12-13,17,19H,9-11,14-16H2,1H3. The molecule has 32 heavy (non-hydrogen) atoms. The van der Waals surface area contributed by atoms with E-state index < -0.39 is 4.92 Å². The molecule has 0 radical (unpaired) electrons. The molecule has 166 valence electrons. The van der Waals surface area contributed by atoms with Gasteiger partial charge < -0.3 is 9.80 Å². The minimum atomic E-state index is -0.444. The molecule has 3 aromatic rings. The molecule has 2 aromatic heterocycles. The first-order chi connectivity index (χ1) is 15.5. The van der Waals surface area contributed by atoms with Crippen LogP contribution in [0.4, 0.5) is 5.69 Å². The Balaban J connectivity index is 1.31. The van der Waals surface area contributed by atoms with E-state index >= 15 is 0 Å². The third-order valence-corrected chi connectivity index (χ3v) is 5.97. The molecule has 0 saturated carbocycles. The van der Waals surface area contributed by atoms with E-state index in [2.05, 4.69) is 21.0 Å². The van der Waals surface area contributed by atoms with Crippen molar-refractivity contribution in [2.45, 2.75) is 25.3 Å². The van der Waals surface area contributed by atoms with Gasteiger partial charge in [-0.25, -0.2) is 4.68 Å². The second kappa shape index (κ2) is 9.69. The fraction of sp³-hybridized carbons (Fsp3) is 0.348. The summed E-state index contributed by atoms with van der Waals surface area (Å²) in [6, 6.07) is 13.9. The number of aromatic nitrogens is 3. The fourth-order valence-corrected chi connectivity index (χ4v) is 4.00. The summed E-state index contributed by atoms with van der Waals surface area (Å²) in [4.78, 5) is 31.9. The van der Waals surface area contributed by atoms with Crippen LogP contribution in [-0.2, 0) is 6.42 Å². The SMILES string of the molecule is CN(C(=O)c1ccn(-c2ccc([N+](=O)[O-])cc2)n1)C1CCN(CCc2ccccn2)CC1. The second-order valence-electron chi connectivity index (χ2n) is 7.98. The number of hydrogen-bond acceptors (Lipinski definition) is 6. The van der Waals surface area contributed by atoms with E-state index in [-0.39, 0.29) is 17.6 Å². The van der Waals surface area contributed by atoms with Crippen LogP contribution >= 0.6 is 0 Å². The predicted octanol–water partition coefficient (Wildman–Crippen LogP) is 2.95. The number of likely N-dealkylation sites (tertiary alicyclic amines) is 1. The monoisotopic (exact) mass is 434 g/mol. The smallest absolute Gasteiger partial charge is 0.274 e. The normalized spacial score (nSPS) is 14.9. The van der Waals surface area contributed by atoms with Crippen LogP contribution in [-0.4, -0.2) is 68.1 Å². The summed E-state index contributed by atoms with van der Waals surface area (Å²) in [5.41, 5.74) is 2.15. The number of nitrogens with zero attached hydrogens (tertiary/aromatic N) is 6. The summed E-state index contributed by atoms with van der Waals surface area (Å²) in [5, 5.41) is 15.2. The van der Waals surface area contributed by atoms with E-state index in [9.17, 15) is 14.9 Å². The van der Waals surface area contributed by atoms with Gasteiger partial charge in [0.1, 0.15) is 0 Å². The molecule has 0 unspecified atom stereocenters. The zero-order valence-electron chi connectivity index (χ0n) is 18.0. The first-order valence-electron chi connectivity index (χ1n) is 10.7. The lowest BCUT2D eigenvalue weighted by atomic mass is 10.0. The molecule has 1 amide bonds.